The van der Waals surface area contributed by atoms with E-state index in [9.17, 15) is 18.0 Å². The number of rotatable bonds is 9. The van der Waals surface area contributed by atoms with Crippen molar-refractivity contribution in [2.45, 2.75) is 58.2 Å². The Labute approximate surface area is 217 Å². The highest BCUT2D eigenvalue weighted by atomic mass is 35.5. The third-order valence-corrected chi connectivity index (χ3v) is 7.86. The lowest BCUT2D eigenvalue weighted by atomic mass is 10.1. The number of nitrogens with one attached hydrogen (secondary N) is 1. The molecule has 7 nitrogen and oxygen atoms in total. The first-order valence-corrected chi connectivity index (χ1v) is 14.1. The maximum atomic E-state index is 13.6. The minimum atomic E-state index is -3.86. The average Bonchev–Trinajstić information content (AvgIpc) is 3.27. The van der Waals surface area contributed by atoms with Crippen LogP contribution in [-0.4, -0.2) is 50.0 Å². The van der Waals surface area contributed by atoms with Crippen molar-refractivity contribution in [3.8, 4) is 0 Å². The van der Waals surface area contributed by atoms with Crippen LogP contribution >= 0.6 is 23.2 Å². The van der Waals surface area contributed by atoms with E-state index in [1.807, 2.05) is 31.2 Å². The molecule has 0 aliphatic heterocycles. The van der Waals surface area contributed by atoms with Gasteiger partial charge in [-0.3, -0.25) is 13.9 Å². The Morgan fingerprint density at radius 3 is 2.26 bits per heavy atom. The molecule has 2 amide bonds. The fraction of sp³-hybridized carbons (Fsp3) is 0.440. The molecule has 35 heavy (non-hydrogen) atoms. The number of hydrogen-bond donors (Lipinski definition) is 1. The largest absolute Gasteiger partial charge is 0.352 e. The Hall–Kier alpha value is -2.29. The third-order valence-electron chi connectivity index (χ3n) is 6.29. The highest BCUT2D eigenvalue weighted by Gasteiger charge is 2.31. The van der Waals surface area contributed by atoms with Crippen LogP contribution in [0.1, 0.15) is 43.7 Å². The standard InChI is InChI=1S/C25H31Cl2N3O4S/c1-17-8-4-5-9-19(17)15-29(18(2)25(32)28-22-10-6-7-11-22)24(31)16-30(35(3,33)34)23-13-20(26)12-21(27)14-23/h4-5,8-9,12-14,18,22H,6-7,10-11,15-16H2,1-3H3,(H,28,32)/t18-/m0/s1. The lowest BCUT2D eigenvalue weighted by molar-refractivity contribution is -0.139. The molecular formula is C25H31Cl2N3O4S. The maximum Gasteiger partial charge on any atom is 0.244 e. The number of nitrogens with zero attached hydrogens (tertiary/aromatic N) is 2. The number of amides is 2. The van der Waals surface area contributed by atoms with E-state index in [-0.39, 0.29) is 34.2 Å². The molecular weight excluding hydrogens is 509 g/mol. The van der Waals surface area contributed by atoms with Gasteiger partial charge in [-0.05, 0) is 56.0 Å². The summed E-state index contributed by atoms with van der Waals surface area (Å²) in [4.78, 5) is 28.1. The van der Waals surface area contributed by atoms with Crippen molar-refractivity contribution >= 4 is 50.7 Å². The predicted molar refractivity (Wildman–Crippen MR) is 140 cm³/mol. The second-order valence-electron chi connectivity index (χ2n) is 9.01. The van der Waals surface area contributed by atoms with Gasteiger partial charge in [-0.15, -0.1) is 0 Å². The van der Waals surface area contributed by atoms with Crippen molar-refractivity contribution < 1.29 is 18.0 Å². The molecule has 10 heteroatoms. The first-order chi connectivity index (χ1) is 16.5. The summed E-state index contributed by atoms with van der Waals surface area (Å²) in [5, 5.41) is 3.54. The maximum absolute atomic E-state index is 13.6. The van der Waals surface area contributed by atoms with Crippen LogP contribution in [0.5, 0.6) is 0 Å². The summed E-state index contributed by atoms with van der Waals surface area (Å²) in [5.41, 5.74) is 2.02. The lowest BCUT2D eigenvalue weighted by Gasteiger charge is -2.32. The van der Waals surface area contributed by atoms with Crippen molar-refractivity contribution in [1.29, 1.82) is 0 Å². The van der Waals surface area contributed by atoms with Crippen molar-refractivity contribution in [2.24, 2.45) is 0 Å². The Morgan fingerprint density at radius 2 is 1.69 bits per heavy atom. The smallest absolute Gasteiger partial charge is 0.244 e. The normalized spacial score (nSPS) is 15.0. The molecule has 0 spiro atoms. The van der Waals surface area contributed by atoms with Gasteiger partial charge in [0.15, 0.2) is 0 Å². The fourth-order valence-corrected chi connectivity index (χ4v) is 5.59. The van der Waals surface area contributed by atoms with Gasteiger partial charge in [0, 0.05) is 22.6 Å². The van der Waals surface area contributed by atoms with Gasteiger partial charge in [0.1, 0.15) is 12.6 Å². The molecule has 2 aromatic rings. The van der Waals surface area contributed by atoms with Gasteiger partial charge in [0.2, 0.25) is 21.8 Å². The van der Waals surface area contributed by atoms with E-state index in [2.05, 4.69) is 5.32 Å². The molecule has 1 N–H and O–H groups in total. The SMILES string of the molecule is Cc1ccccc1CN(C(=O)CN(c1cc(Cl)cc(Cl)c1)S(C)(=O)=O)[C@@H](C)C(=O)NC1CCCC1. The molecule has 0 heterocycles. The number of halogens is 2. The predicted octanol–water partition coefficient (Wildman–Crippen LogP) is 4.54. The van der Waals surface area contributed by atoms with Gasteiger partial charge in [-0.2, -0.15) is 0 Å². The Bertz CT molecular complexity index is 1160. The molecule has 2 aromatic carbocycles. The number of carbonyl (C=O) groups is 2. The number of sulfonamides is 1. The molecule has 0 saturated heterocycles. The second-order valence-corrected chi connectivity index (χ2v) is 11.8. The van der Waals surface area contributed by atoms with Gasteiger partial charge in [0.05, 0.1) is 11.9 Å². The van der Waals surface area contributed by atoms with Crippen LogP contribution in [0.15, 0.2) is 42.5 Å². The van der Waals surface area contributed by atoms with E-state index in [0.29, 0.717) is 0 Å². The molecule has 1 saturated carbocycles. The number of carbonyl (C=O) groups excluding carboxylic acids is 2. The molecule has 1 aliphatic rings. The van der Waals surface area contributed by atoms with E-state index in [4.69, 9.17) is 23.2 Å². The summed E-state index contributed by atoms with van der Waals surface area (Å²) in [6.07, 6.45) is 4.98. The zero-order chi connectivity index (χ0) is 25.8. The zero-order valence-electron chi connectivity index (χ0n) is 20.1. The molecule has 0 radical (unpaired) electrons. The van der Waals surface area contributed by atoms with Gasteiger partial charge in [-0.1, -0.05) is 60.3 Å². The molecule has 1 aliphatic carbocycles. The van der Waals surface area contributed by atoms with E-state index in [1.54, 1.807) is 6.92 Å². The molecule has 0 bridgehead atoms. The summed E-state index contributed by atoms with van der Waals surface area (Å²) in [7, 11) is -3.86. The van der Waals surface area contributed by atoms with Crippen LogP contribution in [0.25, 0.3) is 0 Å². The van der Waals surface area contributed by atoms with Crippen LogP contribution in [0, 0.1) is 6.92 Å². The molecule has 0 aromatic heterocycles. The van der Waals surface area contributed by atoms with Crippen molar-refractivity contribution in [1.82, 2.24) is 10.2 Å². The lowest BCUT2D eigenvalue weighted by Crippen LogP contribution is -2.52. The zero-order valence-corrected chi connectivity index (χ0v) is 22.5. The Kier molecular flexibility index (Phi) is 9.07. The molecule has 1 atom stereocenters. The minimum absolute atomic E-state index is 0.0986. The van der Waals surface area contributed by atoms with Gasteiger partial charge >= 0.3 is 0 Å². The molecule has 190 valence electrons. The molecule has 0 unspecified atom stereocenters. The van der Waals surface area contributed by atoms with Gasteiger partial charge in [-0.25, -0.2) is 8.42 Å². The fourth-order valence-electron chi connectivity index (χ4n) is 4.24. The Morgan fingerprint density at radius 1 is 1.09 bits per heavy atom. The summed E-state index contributed by atoms with van der Waals surface area (Å²) in [6, 6.07) is 11.2. The minimum Gasteiger partial charge on any atom is -0.352 e. The number of hydrogen-bond acceptors (Lipinski definition) is 4. The van der Waals surface area contributed by atoms with Crippen molar-refractivity contribution in [2.75, 3.05) is 17.1 Å². The Balaban J connectivity index is 1.91. The van der Waals surface area contributed by atoms with Crippen LogP contribution in [0.4, 0.5) is 5.69 Å². The van der Waals surface area contributed by atoms with Crippen LogP contribution < -0.4 is 9.62 Å². The first-order valence-electron chi connectivity index (χ1n) is 11.5. The molecule has 3 rings (SSSR count). The summed E-state index contributed by atoms with van der Waals surface area (Å²) in [6.45, 7) is 3.26. The van der Waals surface area contributed by atoms with E-state index < -0.39 is 28.5 Å². The summed E-state index contributed by atoms with van der Waals surface area (Å²) < 4.78 is 26.3. The van der Waals surface area contributed by atoms with E-state index >= 15 is 0 Å². The third kappa shape index (κ3) is 7.35. The van der Waals surface area contributed by atoms with Crippen LogP contribution in [-0.2, 0) is 26.2 Å². The van der Waals surface area contributed by atoms with Crippen molar-refractivity contribution in [3.63, 3.8) is 0 Å². The van der Waals surface area contributed by atoms with E-state index in [0.717, 1.165) is 47.4 Å². The summed E-state index contributed by atoms with van der Waals surface area (Å²) >= 11 is 12.2. The number of anilines is 1. The summed E-state index contributed by atoms with van der Waals surface area (Å²) in [5.74, 6) is -0.764. The highest BCUT2D eigenvalue weighted by Crippen LogP contribution is 2.27. The van der Waals surface area contributed by atoms with Crippen molar-refractivity contribution in [3.05, 3.63) is 63.6 Å². The number of aryl methyl sites for hydroxylation is 1. The van der Waals surface area contributed by atoms with E-state index in [1.165, 1.54) is 23.1 Å². The monoisotopic (exact) mass is 539 g/mol. The van der Waals surface area contributed by atoms with Gasteiger partial charge in [0.25, 0.3) is 0 Å². The van der Waals surface area contributed by atoms with Crippen LogP contribution in [0.2, 0.25) is 10.0 Å². The van der Waals surface area contributed by atoms with Crippen LogP contribution in [0.3, 0.4) is 0 Å². The topological polar surface area (TPSA) is 86.8 Å². The second kappa shape index (κ2) is 11.6. The van der Waals surface area contributed by atoms with Gasteiger partial charge < -0.3 is 10.2 Å². The first kappa shape index (κ1) is 27.3. The molecule has 1 fully saturated rings. The number of benzene rings is 2. The highest BCUT2D eigenvalue weighted by molar-refractivity contribution is 7.92. The quantitative estimate of drug-likeness (QED) is 0.506. The average molecular weight is 541 g/mol.